The van der Waals surface area contributed by atoms with Crippen molar-refractivity contribution in [2.24, 2.45) is 0 Å². The first-order valence-corrected chi connectivity index (χ1v) is 14.1. The maximum absolute atomic E-state index is 13.6. The van der Waals surface area contributed by atoms with Crippen LogP contribution in [0.2, 0.25) is 0 Å². The second kappa shape index (κ2) is 13.9. The summed E-state index contributed by atoms with van der Waals surface area (Å²) < 4.78 is 16.7. The Labute approximate surface area is 247 Å². The van der Waals surface area contributed by atoms with Crippen LogP contribution in [0.25, 0.3) is 0 Å². The predicted molar refractivity (Wildman–Crippen MR) is 158 cm³/mol. The normalized spacial score (nSPS) is 18.5. The van der Waals surface area contributed by atoms with Gasteiger partial charge in [0.2, 0.25) is 0 Å². The van der Waals surface area contributed by atoms with Gasteiger partial charge >= 0.3 is 18.3 Å². The molecule has 9 heteroatoms. The summed E-state index contributed by atoms with van der Waals surface area (Å²) in [5.41, 5.74) is 2.85. The van der Waals surface area contributed by atoms with Gasteiger partial charge in [0, 0.05) is 12.5 Å². The predicted octanol–water partition coefficient (Wildman–Crippen LogP) is 6.61. The molecule has 0 saturated carbocycles. The Kier molecular flexibility index (Phi) is 10.1. The molecule has 3 atom stereocenters. The van der Waals surface area contributed by atoms with Gasteiger partial charge in [0.15, 0.2) is 0 Å². The van der Waals surface area contributed by atoms with Crippen molar-refractivity contribution in [3.8, 4) is 0 Å². The third-order valence-electron chi connectivity index (χ3n) is 6.79. The average Bonchev–Trinajstić information content (AvgIpc) is 2.95. The van der Waals surface area contributed by atoms with E-state index in [4.69, 9.17) is 14.2 Å². The number of carbonyl (C=O) groups excluding carboxylic acids is 3. The molecule has 9 nitrogen and oxygen atoms in total. The van der Waals surface area contributed by atoms with Gasteiger partial charge in [-0.1, -0.05) is 90.5 Å². The molecular weight excluding hydrogens is 534 g/mol. The van der Waals surface area contributed by atoms with E-state index in [2.05, 4.69) is 10.6 Å². The third-order valence-corrected chi connectivity index (χ3v) is 6.79. The minimum absolute atomic E-state index is 0.0702. The molecule has 1 heterocycles. The number of likely N-dealkylation sites (tertiary alicyclic amines) is 1. The van der Waals surface area contributed by atoms with E-state index in [1.165, 1.54) is 4.90 Å². The zero-order valence-corrected chi connectivity index (χ0v) is 24.5. The van der Waals surface area contributed by atoms with Gasteiger partial charge in [-0.25, -0.2) is 14.4 Å². The van der Waals surface area contributed by atoms with Gasteiger partial charge in [-0.3, -0.25) is 4.90 Å². The van der Waals surface area contributed by atoms with Crippen molar-refractivity contribution < 1.29 is 28.6 Å². The number of rotatable bonds is 7. The fourth-order valence-electron chi connectivity index (χ4n) is 4.81. The van der Waals surface area contributed by atoms with Gasteiger partial charge in [0.25, 0.3) is 0 Å². The molecule has 1 saturated heterocycles. The van der Waals surface area contributed by atoms with Crippen LogP contribution < -0.4 is 10.6 Å². The Morgan fingerprint density at radius 1 is 0.762 bits per heavy atom. The number of hydrogen-bond donors (Lipinski definition) is 2. The Balaban J connectivity index is 1.56. The van der Waals surface area contributed by atoms with E-state index in [1.807, 2.05) is 91.9 Å². The molecule has 42 heavy (non-hydrogen) atoms. The monoisotopic (exact) mass is 573 g/mol. The summed E-state index contributed by atoms with van der Waals surface area (Å²) >= 11 is 0. The SMILES string of the molecule is Cc1ccc([C@@H]2C[C@@H](NC(=O)OCc3ccccc3)C[C@H](NC(=O)OCc3ccccc3)N2C(=O)OC(C)(C)C)cc1. The molecule has 1 fully saturated rings. The summed E-state index contributed by atoms with van der Waals surface area (Å²) in [5, 5.41) is 5.79. The van der Waals surface area contributed by atoms with Crippen molar-refractivity contribution >= 4 is 18.3 Å². The van der Waals surface area contributed by atoms with E-state index in [0.717, 1.165) is 22.3 Å². The molecule has 2 N–H and O–H groups in total. The Hall–Kier alpha value is -4.53. The topological polar surface area (TPSA) is 106 Å². The standard InChI is InChI=1S/C33H39N3O6/c1-23-15-17-26(18-16-23)28-19-27(34-30(37)40-21-24-11-7-5-8-12-24)20-29(36(28)32(39)42-33(2,3)4)35-31(38)41-22-25-13-9-6-10-14-25/h5-18,27-29H,19-22H2,1-4H3,(H,34,37)(H,35,38)/t27-,28+,29-/m1/s1. The van der Waals surface area contributed by atoms with Gasteiger partial charge in [-0.2, -0.15) is 0 Å². The van der Waals surface area contributed by atoms with Crippen molar-refractivity contribution in [2.75, 3.05) is 0 Å². The number of piperidine rings is 1. The lowest BCUT2D eigenvalue weighted by atomic mass is 9.90. The molecule has 1 aliphatic heterocycles. The number of ether oxygens (including phenoxy) is 3. The molecule has 0 aliphatic carbocycles. The van der Waals surface area contributed by atoms with Crippen LogP contribution in [0.15, 0.2) is 84.9 Å². The molecule has 3 amide bonds. The second-order valence-electron chi connectivity index (χ2n) is 11.4. The van der Waals surface area contributed by atoms with E-state index >= 15 is 0 Å². The zero-order valence-electron chi connectivity index (χ0n) is 24.5. The Bertz CT molecular complexity index is 1330. The van der Waals surface area contributed by atoms with E-state index in [0.29, 0.717) is 6.42 Å². The van der Waals surface area contributed by atoms with Gasteiger partial charge < -0.3 is 24.8 Å². The number of hydrogen-bond acceptors (Lipinski definition) is 6. The lowest BCUT2D eigenvalue weighted by Gasteiger charge is -2.45. The van der Waals surface area contributed by atoms with E-state index in [-0.39, 0.29) is 19.6 Å². The number of nitrogens with zero attached hydrogens (tertiary/aromatic N) is 1. The lowest BCUT2D eigenvalue weighted by Crippen LogP contribution is -2.60. The smallest absolute Gasteiger partial charge is 0.412 e. The molecule has 0 radical (unpaired) electrons. The van der Waals surface area contributed by atoms with Crippen LogP contribution in [0.5, 0.6) is 0 Å². The highest BCUT2D eigenvalue weighted by molar-refractivity contribution is 5.73. The summed E-state index contributed by atoms with van der Waals surface area (Å²) in [6, 6.07) is 25.6. The highest BCUT2D eigenvalue weighted by Gasteiger charge is 2.43. The number of aryl methyl sites for hydroxylation is 1. The van der Waals surface area contributed by atoms with Crippen LogP contribution in [0.4, 0.5) is 14.4 Å². The molecule has 3 aromatic rings. The quantitative estimate of drug-likeness (QED) is 0.308. The number of alkyl carbamates (subject to hydrolysis) is 2. The minimum Gasteiger partial charge on any atom is -0.445 e. The van der Waals surface area contributed by atoms with Gasteiger partial charge in [0.05, 0.1) is 6.04 Å². The van der Waals surface area contributed by atoms with Crippen LogP contribution in [-0.2, 0) is 27.4 Å². The number of nitrogens with one attached hydrogen (secondary N) is 2. The summed E-state index contributed by atoms with van der Waals surface area (Å²) in [4.78, 5) is 41.0. The van der Waals surface area contributed by atoms with E-state index in [9.17, 15) is 14.4 Å². The summed E-state index contributed by atoms with van der Waals surface area (Å²) in [5.74, 6) is 0. The van der Waals surface area contributed by atoms with Crippen molar-refractivity contribution in [1.29, 1.82) is 0 Å². The summed E-state index contributed by atoms with van der Waals surface area (Å²) in [6.45, 7) is 7.55. The van der Waals surface area contributed by atoms with Crippen molar-refractivity contribution in [1.82, 2.24) is 15.5 Å². The molecule has 3 aromatic carbocycles. The Morgan fingerprint density at radius 2 is 1.29 bits per heavy atom. The van der Waals surface area contributed by atoms with Gasteiger partial charge in [-0.15, -0.1) is 0 Å². The highest BCUT2D eigenvalue weighted by atomic mass is 16.6. The van der Waals surface area contributed by atoms with Crippen LogP contribution in [0.1, 0.15) is 61.9 Å². The first kappa shape index (κ1) is 30.4. The van der Waals surface area contributed by atoms with E-state index < -0.39 is 42.1 Å². The fraction of sp³-hybridized carbons (Fsp3) is 0.364. The van der Waals surface area contributed by atoms with Crippen molar-refractivity contribution in [3.63, 3.8) is 0 Å². The molecule has 0 aromatic heterocycles. The highest BCUT2D eigenvalue weighted by Crippen LogP contribution is 2.35. The second-order valence-corrected chi connectivity index (χ2v) is 11.4. The van der Waals surface area contributed by atoms with Crippen molar-refractivity contribution in [3.05, 3.63) is 107 Å². The maximum atomic E-state index is 13.6. The summed E-state index contributed by atoms with van der Waals surface area (Å²) in [7, 11) is 0. The molecule has 222 valence electrons. The van der Waals surface area contributed by atoms with Crippen LogP contribution in [0, 0.1) is 6.92 Å². The minimum atomic E-state index is -0.831. The molecule has 0 bridgehead atoms. The van der Waals surface area contributed by atoms with E-state index in [1.54, 1.807) is 20.8 Å². The van der Waals surface area contributed by atoms with Crippen LogP contribution in [0.3, 0.4) is 0 Å². The molecule has 4 rings (SSSR count). The first-order chi connectivity index (χ1) is 20.1. The first-order valence-electron chi connectivity index (χ1n) is 14.1. The Morgan fingerprint density at radius 3 is 1.81 bits per heavy atom. The number of benzene rings is 3. The fourth-order valence-corrected chi connectivity index (χ4v) is 4.81. The van der Waals surface area contributed by atoms with Crippen LogP contribution >= 0.6 is 0 Å². The zero-order chi connectivity index (χ0) is 30.1. The largest absolute Gasteiger partial charge is 0.445 e. The number of amides is 3. The lowest BCUT2D eigenvalue weighted by molar-refractivity contribution is -0.0164. The maximum Gasteiger partial charge on any atom is 0.412 e. The molecular formula is C33H39N3O6. The molecule has 0 unspecified atom stereocenters. The molecule has 1 aliphatic rings. The number of carbonyl (C=O) groups is 3. The van der Waals surface area contributed by atoms with Crippen molar-refractivity contribution in [2.45, 2.75) is 77.6 Å². The third kappa shape index (κ3) is 8.99. The average molecular weight is 574 g/mol. The van der Waals surface area contributed by atoms with Gasteiger partial charge in [-0.05, 0) is 50.8 Å². The summed E-state index contributed by atoms with van der Waals surface area (Å²) in [6.07, 6.45) is -2.06. The van der Waals surface area contributed by atoms with Crippen LogP contribution in [-0.4, -0.2) is 41.0 Å². The molecule has 0 spiro atoms. The van der Waals surface area contributed by atoms with Gasteiger partial charge in [0.1, 0.15) is 25.0 Å².